The second-order valence-electron chi connectivity index (χ2n) is 17.8. The first kappa shape index (κ1) is 41.1. The van der Waals surface area contributed by atoms with Crippen LogP contribution < -0.4 is 21.1 Å². The van der Waals surface area contributed by atoms with Crippen LogP contribution in [0.1, 0.15) is 125 Å². The van der Waals surface area contributed by atoms with Crippen molar-refractivity contribution in [2.24, 2.45) is 28.9 Å². The Morgan fingerprint density at radius 2 is 1.91 bits per heavy atom. The van der Waals surface area contributed by atoms with Gasteiger partial charge in [0.15, 0.2) is 17.3 Å². The number of carbonyl (C=O) groups excluding carboxylic acids is 2. The summed E-state index contributed by atoms with van der Waals surface area (Å²) >= 11 is 0. The molecule has 2 aromatic rings. The minimum Gasteiger partial charge on any atom is -0.504 e. The SMILES string of the molecule is COc1cc2c(cc1O)C(CCC(O)CCC1=C(Cc3cc[nH]c3)CNC(N)=C1)C#CC(C(O)CCCC1(C3CNC4CC(=O)CCC4C3)CCCC1)C(=O)CC2. The molecule has 3 heterocycles. The maximum Gasteiger partial charge on any atom is 0.160 e. The molecule has 57 heavy (non-hydrogen) atoms. The summed E-state index contributed by atoms with van der Waals surface area (Å²) < 4.78 is 5.45. The van der Waals surface area contributed by atoms with Crippen molar-refractivity contribution in [1.29, 1.82) is 0 Å². The Hall–Kier alpha value is -4.04. The first-order chi connectivity index (χ1) is 27.6. The molecule has 5 aliphatic rings. The van der Waals surface area contributed by atoms with E-state index in [0.29, 0.717) is 93.1 Å². The lowest BCUT2D eigenvalue weighted by atomic mass is 9.63. The molecule has 1 saturated heterocycles. The quantitative estimate of drug-likeness (QED) is 0.103. The van der Waals surface area contributed by atoms with E-state index in [2.05, 4.69) is 33.5 Å². The van der Waals surface area contributed by atoms with Crippen LogP contribution in [0.3, 0.4) is 0 Å². The summed E-state index contributed by atoms with van der Waals surface area (Å²) in [7, 11) is 1.52. The lowest BCUT2D eigenvalue weighted by Gasteiger charge is -2.47. The van der Waals surface area contributed by atoms with Crippen molar-refractivity contribution in [3.8, 4) is 23.3 Å². The number of dihydropyridines is 1. The van der Waals surface area contributed by atoms with Gasteiger partial charge in [0.2, 0.25) is 0 Å². The number of hydrogen-bond acceptors (Lipinski definition) is 9. The molecule has 10 heteroatoms. The van der Waals surface area contributed by atoms with Gasteiger partial charge in [-0.15, -0.1) is 0 Å². The molecular weight excluding hydrogens is 717 g/mol. The summed E-state index contributed by atoms with van der Waals surface area (Å²) in [6.45, 7) is 1.65. The van der Waals surface area contributed by atoms with Crippen LogP contribution in [-0.2, 0) is 22.4 Å². The van der Waals surface area contributed by atoms with Crippen LogP contribution in [0.25, 0.3) is 0 Å². The monoisotopic (exact) mass is 780 g/mol. The molecule has 8 N–H and O–H groups in total. The van der Waals surface area contributed by atoms with Crippen LogP contribution in [0.2, 0.25) is 0 Å². The molecule has 10 nitrogen and oxygen atoms in total. The molecule has 3 aliphatic carbocycles. The van der Waals surface area contributed by atoms with E-state index < -0.39 is 18.1 Å². The number of aryl methyl sites for hydroxylation is 1. The van der Waals surface area contributed by atoms with Crippen molar-refractivity contribution in [2.45, 2.75) is 140 Å². The van der Waals surface area contributed by atoms with Crippen LogP contribution in [-0.4, -0.2) is 70.3 Å². The molecule has 0 spiro atoms. The highest BCUT2D eigenvalue weighted by atomic mass is 16.5. The number of benzene rings is 1. The van der Waals surface area contributed by atoms with Crippen LogP contribution in [0.5, 0.6) is 11.5 Å². The van der Waals surface area contributed by atoms with E-state index in [1.165, 1.54) is 50.4 Å². The Labute approximate surface area is 338 Å². The lowest BCUT2D eigenvalue weighted by molar-refractivity contribution is -0.124. The summed E-state index contributed by atoms with van der Waals surface area (Å²) in [5.74, 6) is 8.00. The number of methoxy groups -OCH3 is 1. The van der Waals surface area contributed by atoms with Gasteiger partial charge in [-0.05, 0) is 153 Å². The van der Waals surface area contributed by atoms with Gasteiger partial charge in [0, 0.05) is 50.2 Å². The third-order valence-corrected chi connectivity index (χ3v) is 14.2. The van der Waals surface area contributed by atoms with Crippen LogP contribution in [0, 0.1) is 35.0 Å². The molecule has 2 aliphatic heterocycles. The number of H-pyrrole nitrogens is 1. The average molecular weight is 781 g/mol. The molecular formula is C47H64N4O6. The number of allylic oxidation sites excluding steroid dienone is 2. The molecule has 0 amide bonds. The van der Waals surface area contributed by atoms with Gasteiger partial charge in [0.1, 0.15) is 11.7 Å². The standard InChI is InChI=1S/C47H64N4O6/c1-57-45-23-33-10-15-43(55)39(42(54)5-4-19-47(17-2-3-18-47)36-22-34-8-13-38(53)25-41(34)50-29-36)14-9-31(40(33)26-44(45)56)6-11-37(52)12-7-32-24-46(48)51-28-35(32)21-30-16-20-49-27-30/h16,20,23-24,26-27,31,34,36-37,39,41-42,49-52,54,56H,2-8,10-13,15,17-19,21-22,25,28-29,48H2,1H3. The Balaban J connectivity index is 1.01. The van der Waals surface area contributed by atoms with Crippen LogP contribution >= 0.6 is 0 Å². The minimum absolute atomic E-state index is 0.0180. The van der Waals surface area contributed by atoms with E-state index in [0.717, 1.165) is 48.9 Å². The highest BCUT2D eigenvalue weighted by molar-refractivity contribution is 5.85. The molecule has 0 radical (unpaired) electrons. The number of nitrogens with one attached hydrogen (secondary N) is 3. The number of piperidine rings is 1. The van der Waals surface area contributed by atoms with E-state index in [9.17, 15) is 24.9 Å². The number of aromatic hydroxyl groups is 1. The molecule has 7 atom stereocenters. The van der Waals surface area contributed by atoms with Gasteiger partial charge in [-0.2, -0.15) is 0 Å². The maximum atomic E-state index is 13.8. The highest BCUT2D eigenvalue weighted by Gasteiger charge is 2.45. The zero-order valence-electron chi connectivity index (χ0n) is 33.8. The van der Waals surface area contributed by atoms with Gasteiger partial charge < -0.3 is 41.4 Å². The zero-order chi connectivity index (χ0) is 39.9. The zero-order valence-corrected chi connectivity index (χ0v) is 33.8. The summed E-state index contributed by atoms with van der Waals surface area (Å²) in [5.41, 5.74) is 11.7. The van der Waals surface area contributed by atoms with Crippen molar-refractivity contribution in [3.05, 3.63) is 70.3 Å². The Bertz CT molecular complexity index is 1850. The number of aromatic nitrogens is 1. The Morgan fingerprint density at radius 1 is 1.07 bits per heavy atom. The van der Waals surface area contributed by atoms with Crippen molar-refractivity contribution in [2.75, 3.05) is 20.2 Å². The normalized spacial score (nSPS) is 27.1. The fourth-order valence-electron chi connectivity index (χ4n) is 10.8. The molecule has 1 aromatic carbocycles. The topological polar surface area (TPSA) is 170 Å². The van der Waals surface area contributed by atoms with Crippen molar-refractivity contribution in [1.82, 2.24) is 15.6 Å². The van der Waals surface area contributed by atoms with E-state index in [-0.39, 0.29) is 29.3 Å². The summed E-state index contributed by atoms with van der Waals surface area (Å²) in [5, 5.41) is 40.8. The van der Waals surface area contributed by atoms with E-state index in [1.54, 1.807) is 12.1 Å². The first-order valence-electron chi connectivity index (χ1n) is 21.7. The molecule has 0 bridgehead atoms. The number of carbonyl (C=O) groups is 2. The number of ether oxygens (including phenoxy) is 1. The van der Waals surface area contributed by atoms with Gasteiger partial charge in [0.05, 0.1) is 25.1 Å². The van der Waals surface area contributed by atoms with E-state index >= 15 is 0 Å². The second-order valence-corrected chi connectivity index (χ2v) is 17.8. The lowest BCUT2D eigenvalue weighted by Crippen LogP contribution is -2.52. The fraction of sp³-hybridized carbons (Fsp3) is 0.617. The van der Waals surface area contributed by atoms with Gasteiger partial charge in [-0.25, -0.2) is 0 Å². The van der Waals surface area contributed by atoms with Gasteiger partial charge in [-0.1, -0.05) is 31.1 Å². The number of aliphatic hydroxyl groups excluding tert-OH is 2. The summed E-state index contributed by atoms with van der Waals surface area (Å²) in [6.07, 6.45) is 19.1. The van der Waals surface area contributed by atoms with Crippen molar-refractivity contribution in [3.63, 3.8) is 0 Å². The number of ketones is 2. The number of phenols is 1. The predicted molar refractivity (Wildman–Crippen MR) is 221 cm³/mol. The summed E-state index contributed by atoms with van der Waals surface area (Å²) in [6, 6.07) is 5.92. The highest BCUT2D eigenvalue weighted by Crippen LogP contribution is 2.52. The van der Waals surface area contributed by atoms with Crippen molar-refractivity contribution < 1.29 is 29.6 Å². The number of hydrogen-bond donors (Lipinski definition) is 7. The molecule has 2 saturated carbocycles. The number of Topliss-reactive ketones (excluding diaryl/α,β-unsaturated/α-hetero) is 2. The Morgan fingerprint density at radius 3 is 2.70 bits per heavy atom. The van der Waals surface area contributed by atoms with Gasteiger partial charge in [-0.3, -0.25) is 9.59 Å². The van der Waals surface area contributed by atoms with Gasteiger partial charge >= 0.3 is 0 Å². The number of nitrogens with two attached hydrogens (primary N) is 1. The number of fused-ring (bicyclic) bond motifs is 2. The number of aliphatic hydroxyl groups is 2. The number of phenolic OH excluding ortho intramolecular Hbond substituents is 1. The largest absolute Gasteiger partial charge is 0.504 e. The maximum absolute atomic E-state index is 13.8. The smallest absolute Gasteiger partial charge is 0.160 e. The third-order valence-electron chi connectivity index (χ3n) is 14.2. The first-order valence-corrected chi connectivity index (χ1v) is 21.7. The number of aromatic amines is 1. The fourth-order valence-corrected chi connectivity index (χ4v) is 10.8. The van der Waals surface area contributed by atoms with Gasteiger partial charge in [0.25, 0.3) is 0 Å². The van der Waals surface area contributed by atoms with E-state index in [4.69, 9.17) is 10.5 Å². The Kier molecular flexibility index (Phi) is 13.5. The predicted octanol–water partition coefficient (Wildman–Crippen LogP) is 6.25. The summed E-state index contributed by atoms with van der Waals surface area (Å²) in [4.78, 5) is 29.0. The number of rotatable bonds is 15. The average Bonchev–Trinajstić information content (AvgIpc) is 3.92. The molecule has 7 rings (SSSR count). The minimum atomic E-state index is -0.865. The molecule has 1 aromatic heterocycles. The second kappa shape index (κ2) is 18.7. The molecule has 7 unspecified atom stereocenters. The van der Waals surface area contributed by atoms with Crippen molar-refractivity contribution >= 4 is 11.6 Å². The molecule has 3 fully saturated rings. The van der Waals surface area contributed by atoms with Crippen LogP contribution in [0.4, 0.5) is 0 Å². The third kappa shape index (κ3) is 9.99. The molecule has 308 valence electrons. The van der Waals surface area contributed by atoms with Crippen LogP contribution in [0.15, 0.2) is 53.6 Å². The van der Waals surface area contributed by atoms with E-state index in [1.807, 2.05) is 18.5 Å².